The monoisotopic (exact) mass is 603 g/mol. The molecule has 0 bridgehead atoms. The zero-order valence-corrected chi connectivity index (χ0v) is 25.4. The van der Waals surface area contributed by atoms with Crippen LogP contribution in [0.2, 0.25) is 5.02 Å². The van der Waals surface area contributed by atoms with Crippen molar-refractivity contribution in [2.75, 3.05) is 17.9 Å². The number of amides is 2. The summed E-state index contributed by atoms with van der Waals surface area (Å²) in [4.78, 5) is 29.1. The second-order valence-electron chi connectivity index (χ2n) is 10.1. The highest BCUT2D eigenvalue weighted by Crippen LogP contribution is 2.26. The molecule has 0 aliphatic heterocycles. The summed E-state index contributed by atoms with van der Waals surface area (Å²) in [6.07, 6.45) is 0.254. The predicted molar refractivity (Wildman–Crippen MR) is 167 cm³/mol. The van der Waals surface area contributed by atoms with E-state index in [1.165, 1.54) is 24.1 Å². The van der Waals surface area contributed by atoms with Crippen LogP contribution in [0.5, 0.6) is 0 Å². The van der Waals surface area contributed by atoms with E-state index in [0.717, 1.165) is 26.6 Å². The maximum atomic E-state index is 14.3. The molecule has 0 aromatic heterocycles. The van der Waals surface area contributed by atoms with Crippen LogP contribution in [0.1, 0.15) is 22.3 Å². The zero-order chi connectivity index (χ0) is 30.3. The Morgan fingerprint density at radius 3 is 2.07 bits per heavy atom. The summed E-state index contributed by atoms with van der Waals surface area (Å²) in [5.41, 5.74) is 3.88. The average Bonchev–Trinajstić information content (AvgIpc) is 2.98. The summed E-state index contributed by atoms with van der Waals surface area (Å²) in [6, 6.07) is 28.9. The van der Waals surface area contributed by atoms with Gasteiger partial charge in [0.05, 0.1) is 10.6 Å². The number of nitrogens with zero attached hydrogens (tertiary/aromatic N) is 2. The maximum Gasteiger partial charge on any atom is 0.264 e. The van der Waals surface area contributed by atoms with Crippen LogP contribution in [0, 0.1) is 13.8 Å². The van der Waals surface area contributed by atoms with E-state index in [4.69, 9.17) is 11.6 Å². The smallest absolute Gasteiger partial charge is 0.264 e. The van der Waals surface area contributed by atoms with Gasteiger partial charge in [-0.3, -0.25) is 13.9 Å². The van der Waals surface area contributed by atoms with E-state index in [-0.39, 0.29) is 29.5 Å². The molecule has 0 spiro atoms. The Kier molecular flexibility index (Phi) is 10.0. The third-order valence-electron chi connectivity index (χ3n) is 6.96. The maximum absolute atomic E-state index is 14.3. The van der Waals surface area contributed by atoms with Crippen LogP contribution < -0.4 is 9.62 Å². The van der Waals surface area contributed by atoms with Crippen molar-refractivity contribution in [3.05, 3.63) is 130 Å². The van der Waals surface area contributed by atoms with Crippen molar-refractivity contribution < 1.29 is 18.0 Å². The van der Waals surface area contributed by atoms with Crippen LogP contribution in [-0.2, 0) is 32.6 Å². The number of carbonyl (C=O) groups excluding carboxylic acids is 2. The Morgan fingerprint density at radius 2 is 1.45 bits per heavy atom. The second kappa shape index (κ2) is 13.7. The molecule has 2 amide bonds. The summed E-state index contributed by atoms with van der Waals surface area (Å²) in [6.45, 7) is 3.41. The molecule has 1 N–H and O–H groups in total. The van der Waals surface area contributed by atoms with Crippen molar-refractivity contribution in [1.29, 1.82) is 0 Å². The molecule has 0 saturated heterocycles. The molecule has 4 aromatic rings. The number of hydrogen-bond donors (Lipinski definition) is 1. The number of aryl methyl sites for hydroxylation is 2. The van der Waals surface area contributed by atoms with Gasteiger partial charge in [-0.2, -0.15) is 0 Å². The SMILES string of the molecule is CNC(=O)[C@@H](Cc1ccccc1)N(Cc1cccc(C)c1)C(=O)CN(c1ccc(Cl)cc1)S(=O)(=O)c1ccc(C)cc1. The highest BCUT2D eigenvalue weighted by Gasteiger charge is 2.34. The Hall–Kier alpha value is -4.14. The number of rotatable bonds is 11. The topological polar surface area (TPSA) is 86.8 Å². The van der Waals surface area contributed by atoms with Gasteiger partial charge in [0.2, 0.25) is 11.8 Å². The number of sulfonamides is 1. The van der Waals surface area contributed by atoms with E-state index >= 15 is 0 Å². The van der Waals surface area contributed by atoms with Gasteiger partial charge >= 0.3 is 0 Å². The third-order valence-corrected chi connectivity index (χ3v) is 9.00. The van der Waals surface area contributed by atoms with Crippen LogP contribution in [0.4, 0.5) is 5.69 Å². The van der Waals surface area contributed by atoms with Gasteiger partial charge in [0.1, 0.15) is 12.6 Å². The molecule has 218 valence electrons. The fourth-order valence-corrected chi connectivity index (χ4v) is 6.24. The molecule has 1 atom stereocenters. The van der Waals surface area contributed by atoms with E-state index in [2.05, 4.69) is 5.32 Å². The van der Waals surface area contributed by atoms with Crippen molar-refractivity contribution in [2.45, 2.75) is 37.8 Å². The molecule has 4 aromatic carbocycles. The Balaban J connectivity index is 1.78. The molecule has 0 aliphatic rings. The third kappa shape index (κ3) is 7.57. The first-order valence-electron chi connectivity index (χ1n) is 13.5. The van der Waals surface area contributed by atoms with Gasteiger partial charge < -0.3 is 10.2 Å². The van der Waals surface area contributed by atoms with Gasteiger partial charge in [-0.25, -0.2) is 8.42 Å². The normalized spacial score (nSPS) is 11.9. The van der Waals surface area contributed by atoms with Gasteiger partial charge in [0.15, 0.2) is 0 Å². The molecule has 0 heterocycles. The van der Waals surface area contributed by atoms with Crippen LogP contribution in [0.3, 0.4) is 0 Å². The number of benzene rings is 4. The molecular formula is C33H34ClN3O4S. The van der Waals surface area contributed by atoms with Crippen molar-refractivity contribution in [3.8, 4) is 0 Å². The molecule has 0 unspecified atom stereocenters. The lowest BCUT2D eigenvalue weighted by Crippen LogP contribution is -2.53. The van der Waals surface area contributed by atoms with Crippen molar-refractivity contribution in [2.24, 2.45) is 0 Å². The summed E-state index contributed by atoms with van der Waals surface area (Å²) in [5.74, 6) is -0.869. The van der Waals surface area contributed by atoms with Gasteiger partial charge in [0.25, 0.3) is 10.0 Å². The van der Waals surface area contributed by atoms with Gasteiger partial charge in [0, 0.05) is 25.0 Å². The van der Waals surface area contributed by atoms with Gasteiger partial charge in [-0.05, 0) is 61.4 Å². The minimum atomic E-state index is -4.16. The predicted octanol–water partition coefficient (Wildman–Crippen LogP) is 5.54. The van der Waals surface area contributed by atoms with E-state index in [1.807, 2.05) is 68.4 Å². The van der Waals surface area contributed by atoms with E-state index < -0.39 is 28.5 Å². The summed E-state index contributed by atoms with van der Waals surface area (Å²) < 4.78 is 29.0. The van der Waals surface area contributed by atoms with Crippen LogP contribution in [-0.4, -0.2) is 44.8 Å². The van der Waals surface area contributed by atoms with E-state index in [9.17, 15) is 18.0 Å². The van der Waals surface area contributed by atoms with Crippen molar-refractivity contribution in [1.82, 2.24) is 10.2 Å². The van der Waals surface area contributed by atoms with Crippen molar-refractivity contribution in [3.63, 3.8) is 0 Å². The molecule has 0 aliphatic carbocycles. The molecule has 0 radical (unpaired) electrons. The Bertz CT molecular complexity index is 1630. The van der Waals surface area contributed by atoms with Crippen LogP contribution in [0.15, 0.2) is 108 Å². The molecular weight excluding hydrogens is 570 g/mol. The summed E-state index contributed by atoms with van der Waals surface area (Å²) >= 11 is 6.11. The Labute approximate surface area is 252 Å². The Morgan fingerprint density at radius 1 is 0.810 bits per heavy atom. The highest BCUT2D eigenvalue weighted by molar-refractivity contribution is 7.92. The number of carbonyl (C=O) groups is 2. The lowest BCUT2D eigenvalue weighted by atomic mass is 10.0. The molecule has 0 saturated carbocycles. The van der Waals surface area contributed by atoms with Crippen LogP contribution in [0.25, 0.3) is 0 Å². The first-order chi connectivity index (χ1) is 20.1. The number of hydrogen-bond acceptors (Lipinski definition) is 4. The minimum Gasteiger partial charge on any atom is -0.357 e. The number of anilines is 1. The molecule has 0 fully saturated rings. The quantitative estimate of drug-likeness (QED) is 0.244. The minimum absolute atomic E-state index is 0.0493. The number of likely N-dealkylation sites (N-methyl/N-ethyl adjacent to an activating group) is 1. The lowest BCUT2D eigenvalue weighted by molar-refractivity contribution is -0.139. The second-order valence-corrected chi connectivity index (χ2v) is 12.4. The fraction of sp³-hybridized carbons (Fsp3) is 0.212. The van der Waals surface area contributed by atoms with Gasteiger partial charge in [-0.1, -0.05) is 89.5 Å². The van der Waals surface area contributed by atoms with E-state index in [1.54, 1.807) is 36.4 Å². The largest absolute Gasteiger partial charge is 0.357 e. The molecule has 4 rings (SSSR count). The lowest BCUT2D eigenvalue weighted by Gasteiger charge is -2.33. The number of halogens is 1. The number of nitrogens with one attached hydrogen (secondary N) is 1. The zero-order valence-electron chi connectivity index (χ0n) is 23.8. The average molecular weight is 604 g/mol. The van der Waals surface area contributed by atoms with E-state index in [0.29, 0.717) is 5.02 Å². The molecule has 9 heteroatoms. The standard InChI is InChI=1S/C33H34ClN3O4S/c1-24-12-18-30(19-13-24)42(40,41)37(29-16-14-28(34)15-17-29)23-32(38)36(22-27-11-7-8-25(2)20-27)31(33(39)35-3)21-26-9-5-4-6-10-26/h4-20,31H,21-23H2,1-3H3,(H,35,39)/t31-/m1/s1. The van der Waals surface area contributed by atoms with Crippen LogP contribution >= 0.6 is 11.6 Å². The summed E-state index contributed by atoms with van der Waals surface area (Å²) in [7, 11) is -2.63. The first-order valence-corrected chi connectivity index (χ1v) is 15.4. The van der Waals surface area contributed by atoms with Gasteiger partial charge in [-0.15, -0.1) is 0 Å². The first kappa shape index (κ1) is 30.8. The highest BCUT2D eigenvalue weighted by atomic mass is 35.5. The molecule has 42 heavy (non-hydrogen) atoms. The fourth-order valence-electron chi connectivity index (χ4n) is 4.70. The van der Waals surface area contributed by atoms with Crippen molar-refractivity contribution >= 4 is 39.1 Å². The molecule has 7 nitrogen and oxygen atoms in total. The summed E-state index contributed by atoms with van der Waals surface area (Å²) in [5, 5.41) is 3.12.